The van der Waals surface area contributed by atoms with E-state index in [1.165, 1.54) is 10.4 Å². The average Bonchev–Trinajstić information content (AvgIpc) is 2.98. The van der Waals surface area contributed by atoms with E-state index in [9.17, 15) is 0 Å². The molecule has 0 bridgehead atoms. The standard InChI is InChI=1S/C17H23NOS/c1-13(2)15-6-4-7-16(12-15)19-10-9-18-14(3)17-8-5-11-20-17/h4-8,11-14,18H,9-10H2,1-3H3. The van der Waals surface area contributed by atoms with Crippen LogP contribution >= 0.6 is 11.3 Å². The topological polar surface area (TPSA) is 21.3 Å². The van der Waals surface area contributed by atoms with E-state index in [1.807, 2.05) is 6.07 Å². The quantitative estimate of drug-likeness (QED) is 0.752. The first-order valence-electron chi connectivity index (χ1n) is 7.16. The largest absolute Gasteiger partial charge is 0.492 e. The van der Waals surface area contributed by atoms with Crippen molar-refractivity contribution in [2.75, 3.05) is 13.2 Å². The molecule has 0 radical (unpaired) electrons. The van der Waals surface area contributed by atoms with Crippen molar-refractivity contribution in [1.82, 2.24) is 5.32 Å². The van der Waals surface area contributed by atoms with Crippen LogP contribution in [0.1, 0.15) is 43.2 Å². The van der Waals surface area contributed by atoms with Crippen molar-refractivity contribution in [3.8, 4) is 5.75 Å². The minimum absolute atomic E-state index is 0.389. The lowest BCUT2D eigenvalue weighted by Gasteiger charge is -2.13. The Morgan fingerprint density at radius 1 is 1.15 bits per heavy atom. The van der Waals surface area contributed by atoms with E-state index in [4.69, 9.17) is 4.74 Å². The lowest BCUT2D eigenvalue weighted by atomic mass is 10.0. The summed E-state index contributed by atoms with van der Waals surface area (Å²) in [5.74, 6) is 1.50. The molecule has 0 aliphatic rings. The highest BCUT2D eigenvalue weighted by atomic mass is 32.1. The zero-order valence-corrected chi connectivity index (χ0v) is 13.2. The summed E-state index contributed by atoms with van der Waals surface area (Å²) < 4.78 is 5.81. The van der Waals surface area contributed by atoms with Gasteiger partial charge in [-0.05, 0) is 42.0 Å². The fourth-order valence-electron chi connectivity index (χ4n) is 2.05. The highest BCUT2D eigenvalue weighted by molar-refractivity contribution is 7.10. The molecule has 20 heavy (non-hydrogen) atoms. The van der Waals surface area contributed by atoms with E-state index in [-0.39, 0.29) is 0 Å². The zero-order chi connectivity index (χ0) is 14.4. The van der Waals surface area contributed by atoms with E-state index >= 15 is 0 Å². The Morgan fingerprint density at radius 2 is 2.00 bits per heavy atom. The molecule has 0 aliphatic heterocycles. The van der Waals surface area contributed by atoms with Gasteiger partial charge in [-0.2, -0.15) is 0 Å². The molecule has 0 aliphatic carbocycles. The molecule has 1 heterocycles. The van der Waals surface area contributed by atoms with Gasteiger partial charge in [0.25, 0.3) is 0 Å². The molecular formula is C17H23NOS. The Labute approximate surface area is 125 Å². The monoisotopic (exact) mass is 289 g/mol. The summed E-state index contributed by atoms with van der Waals surface area (Å²) >= 11 is 1.79. The molecule has 2 nitrogen and oxygen atoms in total. The van der Waals surface area contributed by atoms with Crippen LogP contribution in [0, 0.1) is 0 Å². The Bertz CT molecular complexity index is 507. The van der Waals surface area contributed by atoms with Gasteiger partial charge < -0.3 is 10.1 Å². The predicted octanol–water partition coefficient (Wildman–Crippen LogP) is 4.60. The maximum absolute atomic E-state index is 5.81. The molecule has 0 saturated heterocycles. The van der Waals surface area contributed by atoms with Gasteiger partial charge in [-0.25, -0.2) is 0 Å². The molecule has 1 unspecified atom stereocenters. The minimum Gasteiger partial charge on any atom is -0.492 e. The van der Waals surface area contributed by atoms with Gasteiger partial charge in [0.15, 0.2) is 0 Å². The number of thiophene rings is 1. The van der Waals surface area contributed by atoms with Gasteiger partial charge in [0.2, 0.25) is 0 Å². The maximum Gasteiger partial charge on any atom is 0.119 e. The molecule has 108 valence electrons. The lowest BCUT2D eigenvalue weighted by molar-refractivity contribution is 0.307. The van der Waals surface area contributed by atoms with Crippen LogP contribution in [-0.4, -0.2) is 13.2 Å². The molecule has 1 aromatic carbocycles. The van der Waals surface area contributed by atoms with Crippen LogP contribution in [0.2, 0.25) is 0 Å². The third-order valence-corrected chi connectivity index (χ3v) is 4.37. The average molecular weight is 289 g/mol. The summed E-state index contributed by atoms with van der Waals surface area (Å²) in [4.78, 5) is 1.37. The summed E-state index contributed by atoms with van der Waals surface area (Å²) in [6, 6.07) is 13.0. The van der Waals surface area contributed by atoms with Crippen LogP contribution in [0.3, 0.4) is 0 Å². The van der Waals surface area contributed by atoms with Gasteiger partial charge >= 0.3 is 0 Å². The summed E-state index contributed by atoms with van der Waals surface area (Å²) in [7, 11) is 0. The van der Waals surface area contributed by atoms with Crippen LogP contribution in [0.25, 0.3) is 0 Å². The van der Waals surface area contributed by atoms with Gasteiger partial charge in [-0.15, -0.1) is 11.3 Å². The third-order valence-electron chi connectivity index (χ3n) is 3.32. The second kappa shape index (κ2) is 7.46. The van der Waals surface area contributed by atoms with Gasteiger partial charge in [0.1, 0.15) is 12.4 Å². The number of hydrogen-bond acceptors (Lipinski definition) is 3. The first-order chi connectivity index (χ1) is 9.66. The number of benzene rings is 1. The second-order valence-electron chi connectivity index (χ2n) is 5.27. The van der Waals surface area contributed by atoms with Crippen molar-refractivity contribution >= 4 is 11.3 Å². The first-order valence-corrected chi connectivity index (χ1v) is 8.04. The highest BCUT2D eigenvalue weighted by Gasteiger charge is 2.05. The Balaban J connectivity index is 1.74. The number of nitrogens with one attached hydrogen (secondary N) is 1. The SMILES string of the molecule is CC(C)c1cccc(OCCNC(C)c2cccs2)c1. The summed E-state index contributed by atoms with van der Waals surface area (Å²) in [5.41, 5.74) is 1.32. The molecule has 0 spiro atoms. The zero-order valence-electron chi connectivity index (χ0n) is 12.4. The van der Waals surface area contributed by atoms with E-state index < -0.39 is 0 Å². The van der Waals surface area contributed by atoms with Crippen molar-refractivity contribution in [2.45, 2.75) is 32.7 Å². The van der Waals surface area contributed by atoms with E-state index in [0.29, 0.717) is 18.6 Å². The smallest absolute Gasteiger partial charge is 0.119 e. The number of ether oxygens (including phenoxy) is 1. The van der Waals surface area contributed by atoms with Gasteiger partial charge in [0.05, 0.1) is 0 Å². The molecule has 3 heteroatoms. The van der Waals surface area contributed by atoms with Crippen LogP contribution < -0.4 is 10.1 Å². The lowest BCUT2D eigenvalue weighted by Crippen LogP contribution is -2.23. The van der Waals surface area contributed by atoms with Crippen LogP contribution in [-0.2, 0) is 0 Å². The van der Waals surface area contributed by atoms with E-state index in [2.05, 4.69) is 61.8 Å². The summed E-state index contributed by atoms with van der Waals surface area (Å²) in [6.45, 7) is 8.13. The van der Waals surface area contributed by atoms with E-state index in [1.54, 1.807) is 11.3 Å². The summed E-state index contributed by atoms with van der Waals surface area (Å²) in [5, 5.41) is 5.59. The Kier molecular flexibility index (Phi) is 5.62. The number of rotatable bonds is 7. The summed E-state index contributed by atoms with van der Waals surface area (Å²) in [6.07, 6.45) is 0. The van der Waals surface area contributed by atoms with Crippen LogP contribution in [0.5, 0.6) is 5.75 Å². The Hall–Kier alpha value is -1.32. The first kappa shape index (κ1) is 15.1. The molecule has 0 fully saturated rings. The number of hydrogen-bond donors (Lipinski definition) is 1. The van der Waals surface area contributed by atoms with Crippen molar-refractivity contribution in [2.24, 2.45) is 0 Å². The molecule has 2 rings (SSSR count). The van der Waals surface area contributed by atoms with Gasteiger partial charge in [-0.3, -0.25) is 0 Å². The van der Waals surface area contributed by atoms with Crippen LogP contribution in [0.4, 0.5) is 0 Å². The van der Waals surface area contributed by atoms with Crippen LogP contribution in [0.15, 0.2) is 41.8 Å². The second-order valence-corrected chi connectivity index (χ2v) is 6.25. The predicted molar refractivity (Wildman–Crippen MR) is 86.8 cm³/mol. The molecular weight excluding hydrogens is 266 g/mol. The minimum atomic E-state index is 0.389. The Morgan fingerprint density at radius 3 is 2.70 bits per heavy atom. The van der Waals surface area contributed by atoms with Gasteiger partial charge in [0, 0.05) is 17.5 Å². The molecule has 1 atom stereocenters. The van der Waals surface area contributed by atoms with E-state index in [0.717, 1.165) is 12.3 Å². The van der Waals surface area contributed by atoms with Crippen molar-refractivity contribution in [1.29, 1.82) is 0 Å². The van der Waals surface area contributed by atoms with Crippen molar-refractivity contribution < 1.29 is 4.74 Å². The highest BCUT2D eigenvalue weighted by Crippen LogP contribution is 2.20. The normalized spacial score (nSPS) is 12.6. The molecule has 1 N–H and O–H groups in total. The molecule has 2 aromatic rings. The molecule has 1 aromatic heterocycles. The third kappa shape index (κ3) is 4.36. The molecule has 0 saturated carbocycles. The van der Waals surface area contributed by atoms with Gasteiger partial charge in [-0.1, -0.05) is 32.0 Å². The van der Waals surface area contributed by atoms with Crippen molar-refractivity contribution in [3.63, 3.8) is 0 Å². The fraction of sp³-hybridized carbons (Fsp3) is 0.412. The van der Waals surface area contributed by atoms with Crippen molar-refractivity contribution in [3.05, 3.63) is 52.2 Å². The molecule has 0 amide bonds. The fourth-order valence-corrected chi connectivity index (χ4v) is 2.80. The maximum atomic E-state index is 5.81.